The molecule has 0 saturated heterocycles. The fourth-order valence-electron chi connectivity index (χ4n) is 1.92. The lowest BCUT2D eigenvalue weighted by atomic mass is 10.1. The molecule has 0 aromatic heterocycles. The Labute approximate surface area is 132 Å². The molecule has 0 aliphatic rings. The van der Waals surface area contributed by atoms with E-state index in [1.165, 1.54) is 18.3 Å². The molecule has 0 bridgehead atoms. The lowest BCUT2D eigenvalue weighted by Crippen LogP contribution is -2.02. The predicted octanol–water partition coefficient (Wildman–Crippen LogP) is 4.02. The van der Waals surface area contributed by atoms with Gasteiger partial charge in [-0.3, -0.25) is 4.28 Å². The molecular formula is C16H22N2O3S. The molecule has 120 valence electrons. The van der Waals surface area contributed by atoms with E-state index in [9.17, 15) is 8.42 Å². The number of hydrogen-bond acceptors (Lipinski definition) is 5. The number of rotatable bonds is 11. The van der Waals surface area contributed by atoms with E-state index in [1.54, 1.807) is 18.2 Å². The van der Waals surface area contributed by atoms with E-state index in [1.807, 2.05) is 0 Å². The molecule has 0 fully saturated rings. The number of oxime groups is 1. The van der Waals surface area contributed by atoms with E-state index >= 15 is 0 Å². The van der Waals surface area contributed by atoms with Gasteiger partial charge in [0.25, 0.3) is 0 Å². The Morgan fingerprint density at radius 2 is 1.68 bits per heavy atom. The summed E-state index contributed by atoms with van der Waals surface area (Å²) in [7, 11) is -3.79. The minimum atomic E-state index is -3.79. The molecule has 0 amide bonds. The van der Waals surface area contributed by atoms with Gasteiger partial charge >= 0.3 is 10.1 Å². The molecule has 0 heterocycles. The van der Waals surface area contributed by atoms with Crippen molar-refractivity contribution in [2.24, 2.45) is 5.16 Å². The Hall–Kier alpha value is -1.87. The fraction of sp³-hybridized carbons (Fsp3) is 0.500. The summed E-state index contributed by atoms with van der Waals surface area (Å²) < 4.78 is 28.1. The van der Waals surface area contributed by atoms with Crippen LogP contribution in [0.5, 0.6) is 0 Å². The second kappa shape index (κ2) is 10.8. The third-order valence-corrected chi connectivity index (χ3v) is 4.25. The SMILES string of the molecule is N#CCCCCCCCCC=NOS(=O)(=O)c1ccccc1. The monoisotopic (exact) mass is 322 g/mol. The standard InChI is InChI=1S/C16H22N2O3S/c17-14-10-5-3-1-2-4-6-11-15-18-21-22(19,20)16-12-8-7-9-13-16/h7-9,12-13,15H,1-6,10-11H2. The Bertz CT molecular complexity index is 577. The van der Waals surface area contributed by atoms with Crippen LogP contribution in [0.25, 0.3) is 0 Å². The van der Waals surface area contributed by atoms with Crippen LogP contribution >= 0.6 is 0 Å². The summed E-state index contributed by atoms with van der Waals surface area (Å²) in [6, 6.07) is 10.1. The van der Waals surface area contributed by atoms with Gasteiger partial charge in [0.2, 0.25) is 0 Å². The molecule has 0 spiro atoms. The third kappa shape index (κ3) is 7.79. The molecule has 0 aliphatic heterocycles. The van der Waals surface area contributed by atoms with E-state index in [2.05, 4.69) is 15.5 Å². The van der Waals surface area contributed by atoms with E-state index in [0.29, 0.717) is 12.8 Å². The Kier molecular flexibility index (Phi) is 8.92. The van der Waals surface area contributed by atoms with Crippen molar-refractivity contribution in [3.63, 3.8) is 0 Å². The molecule has 5 nitrogen and oxygen atoms in total. The average Bonchev–Trinajstić information content (AvgIpc) is 2.53. The molecule has 1 aromatic rings. The quantitative estimate of drug-likeness (QED) is 0.350. The Balaban J connectivity index is 2.11. The second-order valence-electron chi connectivity index (χ2n) is 4.95. The summed E-state index contributed by atoms with van der Waals surface area (Å²) in [5.41, 5.74) is 0. The molecular weight excluding hydrogens is 300 g/mol. The van der Waals surface area contributed by atoms with Gasteiger partial charge in [-0.05, 0) is 31.4 Å². The molecule has 0 unspecified atom stereocenters. The van der Waals surface area contributed by atoms with Gasteiger partial charge in [-0.2, -0.15) is 13.7 Å². The fourth-order valence-corrected chi connectivity index (χ4v) is 2.67. The van der Waals surface area contributed by atoms with Crippen LogP contribution < -0.4 is 0 Å². The van der Waals surface area contributed by atoms with Gasteiger partial charge < -0.3 is 0 Å². The van der Waals surface area contributed by atoms with Gasteiger partial charge in [0.1, 0.15) is 4.90 Å². The smallest absolute Gasteiger partial charge is 0.265 e. The third-order valence-electron chi connectivity index (χ3n) is 3.12. The first-order valence-electron chi connectivity index (χ1n) is 7.54. The molecule has 6 heteroatoms. The van der Waals surface area contributed by atoms with Crippen LogP contribution in [0.4, 0.5) is 0 Å². The summed E-state index contributed by atoms with van der Waals surface area (Å²) in [5.74, 6) is 0. The highest BCUT2D eigenvalue weighted by molar-refractivity contribution is 7.86. The molecule has 0 radical (unpaired) electrons. The molecule has 1 aromatic carbocycles. The lowest BCUT2D eigenvalue weighted by Gasteiger charge is -2.00. The molecule has 0 aliphatic carbocycles. The summed E-state index contributed by atoms with van der Waals surface area (Å²) in [4.78, 5) is 0.101. The zero-order chi connectivity index (χ0) is 16.1. The maximum absolute atomic E-state index is 11.7. The predicted molar refractivity (Wildman–Crippen MR) is 85.8 cm³/mol. The highest BCUT2D eigenvalue weighted by atomic mass is 32.2. The first-order valence-corrected chi connectivity index (χ1v) is 8.95. The highest BCUT2D eigenvalue weighted by Crippen LogP contribution is 2.11. The summed E-state index contributed by atoms with van der Waals surface area (Å²) in [5, 5.41) is 11.9. The van der Waals surface area contributed by atoms with Gasteiger partial charge in [0, 0.05) is 12.6 Å². The Morgan fingerprint density at radius 1 is 1.05 bits per heavy atom. The number of nitrogens with zero attached hydrogens (tertiary/aromatic N) is 2. The van der Waals surface area contributed by atoms with Crippen molar-refractivity contribution in [3.8, 4) is 6.07 Å². The van der Waals surface area contributed by atoms with E-state index < -0.39 is 10.1 Å². The number of nitriles is 1. The zero-order valence-electron chi connectivity index (χ0n) is 12.6. The molecule has 1 rings (SSSR count). The maximum atomic E-state index is 11.7. The van der Waals surface area contributed by atoms with Crippen LogP contribution in [0, 0.1) is 11.3 Å². The maximum Gasteiger partial charge on any atom is 0.358 e. The van der Waals surface area contributed by atoms with Crippen molar-refractivity contribution in [1.29, 1.82) is 5.26 Å². The largest absolute Gasteiger partial charge is 0.358 e. The van der Waals surface area contributed by atoms with Gasteiger partial charge in [-0.25, -0.2) is 0 Å². The number of unbranched alkanes of at least 4 members (excludes halogenated alkanes) is 7. The van der Waals surface area contributed by atoms with E-state index in [-0.39, 0.29) is 4.90 Å². The van der Waals surface area contributed by atoms with Gasteiger partial charge in [0.05, 0.1) is 6.07 Å². The van der Waals surface area contributed by atoms with Crippen LogP contribution in [0.15, 0.2) is 40.4 Å². The Morgan fingerprint density at radius 3 is 2.36 bits per heavy atom. The normalized spacial score (nSPS) is 11.4. The molecule has 22 heavy (non-hydrogen) atoms. The summed E-state index contributed by atoms with van der Waals surface area (Å²) in [6.07, 6.45) is 9.20. The minimum absolute atomic E-state index is 0.101. The van der Waals surface area contributed by atoms with Crippen LogP contribution in [0.1, 0.15) is 51.4 Å². The highest BCUT2D eigenvalue weighted by Gasteiger charge is 2.13. The minimum Gasteiger partial charge on any atom is -0.265 e. The second-order valence-corrected chi connectivity index (χ2v) is 6.48. The van der Waals surface area contributed by atoms with Crippen molar-refractivity contribution in [2.45, 2.75) is 56.3 Å². The lowest BCUT2D eigenvalue weighted by molar-refractivity contribution is 0.339. The van der Waals surface area contributed by atoms with Crippen LogP contribution in [-0.2, 0) is 14.4 Å². The van der Waals surface area contributed by atoms with Crippen LogP contribution in [0.3, 0.4) is 0 Å². The van der Waals surface area contributed by atoms with Crippen LogP contribution in [0.2, 0.25) is 0 Å². The average molecular weight is 322 g/mol. The molecule has 0 N–H and O–H groups in total. The van der Waals surface area contributed by atoms with Crippen LogP contribution in [-0.4, -0.2) is 14.6 Å². The summed E-state index contributed by atoms with van der Waals surface area (Å²) in [6.45, 7) is 0. The van der Waals surface area contributed by atoms with Gasteiger partial charge in [-0.1, -0.05) is 49.0 Å². The van der Waals surface area contributed by atoms with Crippen molar-refractivity contribution < 1.29 is 12.7 Å². The first kappa shape index (κ1) is 18.2. The zero-order valence-corrected chi connectivity index (χ0v) is 13.5. The van der Waals surface area contributed by atoms with Crippen molar-refractivity contribution in [3.05, 3.63) is 30.3 Å². The first-order chi connectivity index (χ1) is 10.7. The number of hydrogen-bond donors (Lipinski definition) is 0. The van der Waals surface area contributed by atoms with Crippen molar-refractivity contribution >= 4 is 16.3 Å². The van der Waals surface area contributed by atoms with Crippen molar-refractivity contribution in [1.82, 2.24) is 0 Å². The number of benzene rings is 1. The molecule has 0 atom stereocenters. The van der Waals surface area contributed by atoms with E-state index in [0.717, 1.165) is 38.5 Å². The summed E-state index contributed by atoms with van der Waals surface area (Å²) >= 11 is 0. The topological polar surface area (TPSA) is 79.5 Å². The van der Waals surface area contributed by atoms with E-state index in [4.69, 9.17) is 5.26 Å². The van der Waals surface area contributed by atoms with Gasteiger partial charge in [0.15, 0.2) is 0 Å². The molecule has 0 saturated carbocycles. The van der Waals surface area contributed by atoms with Crippen molar-refractivity contribution in [2.75, 3.05) is 0 Å². The van der Waals surface area contributed by atoms with Gasteiger partial charge in [-0.15, -0.1) is 0 Å².